The molecule has 2 aliphatic carbocycles. The van der Waals surface area contributed by atoms with Gasteiger partial charge in [-0.2, -0.15) is 0 Å². The van der Waals surface area contributed by atoms with Gasteiger partial charge in [-0.05, 0) is 50.5 Å². The Bertz CT molecular complexity index is 755. The van der Waals surface area contributed by atoms with Crippen molar-refractivity contribution in [2.45, 2.75) is 51.1 Å². The van der Waals surface area contributed by atoms with E-state index < -0.39 is 0 Å². The van der Waals surface area contributed by atoms with Crippen molar-refractivity contribution in [2.24, 2.45) is 11.3 Å². The second-order valence-electron chi connectivity index (χ2n) is 8.57. The Morgan fingerprint density at radius 3 is 2.85 bits per heavy atom. The van der Waals surface area contributed by atoms with E-state index in [1.807, 2.05) is 11.9 Å². The number of hydrogen-bond acceptors (Lipinski definition) is 5. The average Bonchev–Trinajstić information content (AvgIpc) is 3.28. The number of nitrogen functional groups attached to an aromatic ring is 1. The molecular formula is C19H30N6O2. The summed E-state index contributed by atoms with van der Waals surface area (Å²) in [5.41, 5.74) is 6.43. The Balaban J connectivity index is 1.27. The van der Waals surface area contributed by atoms with Crippen molar-refractivity contribution >= 4 is 12.0 Å². The molecule has 1 atom stereocenters. The molecule has 0 bridgehead atoms. The van der Waals surface area contributed by atoms with Crippen LogP contribution in [0.1, 0.15) is 44.2 Å². The number of amides is 2. The van der Waals surface area contributed by atoms with Crippen LogP contribution in [0, 0.1) is 11.3 Å². The Kier molecular flexibility index (Phi) is 4.84. The summed E-state index contributed by atoms with van der Waals surface area (Å²) in [5, 5.41) is 3.21. The maximum atomic E-state index is 12.6. The highest BCUT2D eigenvalue weighted by Gasteiger charge is 2.49. The minimum atomic E-state index is -0.237. The number of aromatic amines is 1. The van der Waals surface area contributed by atoms with Crippen molar-refractivity contribution in [2.75, 3.05) is 32.4 Å². The van der Waals surface area contributed by atoms with Gasteiger partial charge in [0.2, 0.25) is 5.95 Å². The summed E-state index contributed by atoms with van der Waals surface area (Å²) in [6.07, 6.45) is 7.46. The van der Waals surface area contributed by atoms with E-state index in [0.29, 0.717) is 24.2 Å². The highest BCUT2D eigenvalue weighted by atomic mass is 16.2. The number of hydrogen-bond donors (Lipinski definition) is 3. The molecule has 8 nitrogen and oxygen atoms in total. The molecule has 27 heavy (non-hydrogen) atoms. The zero-order chi connectivity index (χ0) is 19.0. The van der Waals surface area contributed by atoms with Crippen molar-refractivity contribution in [3.05, 3.63) is 22.1 Å². The van der Waals surface area contributed by atoms with Crippen molar-refractivity contribution < 1.29 is 4.79 Å². The van der Waals surface area contributed by atoms with Crippen molar-refractivity contribution in [3.63, 3.8) is 0 Å². The van der Waals surface area contributed by atoms with Gasteiger partial charge in [0.15, 0.2) is 0 Å². The summed E-state index contributed by atoms with van der Waals surface area (Å²) >= 11 is 0. The third-order valence-electron chi connectivity index (χ3n) is 6.68. The van der Waals surface area contributed by atoms with Crippen molar-refractivity contribution in [3.8, 4) is 0 Å². The van der Waals surface area contributed by atoms with E-state index in [1.54, 1.807) is 0 Å². The first-order valence-electron chi connectivity index (χ1n) is 10.0. The molecule has 2 amide bonds. The summed E-state index contributed by atoms with van der Waals surface area (Å²) in [5.74, 6) is 0.983. The van der Waals surface area contributed by atoms with Crippen LogP contribution in [-0.4, -0.2) is 58.5 Å². The number of H-pyrrole nitrogens is 1. The fourth-order valence-electron chi connectivity index (χ4n) is 4.70. The molecule has 3 fully saturated rings. The largest absolute Gasteiger partial charge is 0.369 e. The van der Waals surface area contributed by atoms with Crippen LogP contribution in [0.25, 0.3) is 0 Å². The first kappa shape index (κ1) is 18.3. The topological polar surface area (TPSA) is 107 Å². The normalized spacial score (nSPS) is 24.1. The zero-order valence-electron chi connectivity index (χ0n) is 16.0. The van der Waals surface area contributed by atoms with Gasteiger partial charge in [-0.3, -0.25) is 14.7 Å². The van der Waals surface area contributed by atoms with E-state index in [9.17, 15) is 9.59 Å². The Hall–Kier alpha value is -2.09. The quantitative estimate of drug-likeness (QED) is 0.692. The summed E-state index contributed by atoms with van der Waals surface area (Å²) < 4.78 is 0. The van der Waals surface area contributed by atoms with Crippen LogP contribution in [0.5, 0.6) is 0 Å². The van der Waals surface area contributed by atoms with Gasteiger partial charge in [-0.25, -0.2) is 9.78 Å². The van der Waals surface area contributed by atoms with Gasteiger partial charge in [0, 0.05) is 38.3 Å². The summed E-state index contributed by atoms with van der Waals surface area (Å²) in [6.45, 7) is 2.85. The number of urea groups is 1. The number of carbonyl (C=O) groups is 1. The molecule has 3 aliphatic rings. The lowest BCUT2D eigenvalue weighted by atomic mass is 9.65. The smallest absolute Gasteiger partial charge is 0.317 e. The first-order valence-corrected chi connectivity index (χ1v) is 10.0. The van der Waals surface area contributed by atoms with Gasteiger partial charge >= 0.3 is 6.03 Å². The molecule has 4 N–H and O–H groups in total. The van der Waals surface area contributed by atoms with Gasteiger partial charge < -0.3 is 16.0 Å². The number of likely N-dealkylation sites (N-methyl/N-ethyl adjacent to an activating group) is 1. The molecule has 4 rings (SSSR count). The fraction of sp³-hybridized carbons (Fsp3) is 0.737. The predicted molar refractivity (Wildman–Crippen MR) is 103 cm³/mol. The number of likely N-dealkylation sites (tertiary alicyclic amines) is 1. The van der Waals surface area contributed by atoms with E-state index in [0.717, 1.165) is 25.4 Å². The van der Waals surface area contributed by atoms with E-state index in [2.05, 4.69) is 20.2 Å². The maximum Gasteiger partial charge on any atom is 0.317 e. The molecule has 2 saturated carbocycles. The SMILES string of the molecule is CN(Cc1cc(=O)[nH]c(N)n1)C1CCN(C(=O)NCC2(C3CC3)CCC2)C1. The lowest BCUT2D eigenvalue weighted by Gasteiger charge is -2.43. The van der Waals surface area contributed by atoms with Gasteiger partial charge in [0.25, 0.3) is 5.56 Å². The molecule has 0 radical (unpaired) electrons. The third-order valence-corrected chi connectivity index (χ3v) is 6.68. The summed E-state index contributed by atoms with van der Waals surface area (Å²) in [6, 6.07) is 1.80. The number of nitrogens with two attached hydrogens (primary N) is 1. The van der Waals surface area contributed by atoms with Gasteiger partial charge in [-0.15, -0.1) is 0 Å². The number of aromatic nitrogens is 2. The van der Waals surface area contributed by atoms with E-state index in [1.165, 1.54) is 38.2 Å². The fourth-order valence-corrected chi connectivity index (χ4v) is 4.70. The molecule has 8 heteroatoms. The Labute approximate surface area is 159 Å². The predicted octanol–water partition coefficient (Wildman–Crippen LogP) is 1.15. The Morgan fingerprint density at radius 1 is 1.44 bits per heavy atom. The van der Waals surface area contributed by atoms with Crippen molar-refractivity contribution in [1.29, 1.82) is 0 Å². The zero-order valence-corrected chi connectivity index (χ0v) is 16.0. The lowest BCUT2D eigenvalue weighted by molar-refractivity contribution is 0.0984. The monoisotopic (exact) mass is 374 g/mol. The third kappa shape index (κ3) is 3.95. The molecular weight excluding hydrogens is 344 g/mol. The molecule has 2 heterocycles. The highest BCUT2D eigenvalue weighted by Crippen LogP contribution is 2.56. The summed E-state index contributed by atoms with van der Waals surface area (Å²) in [4.78, 5) is 34.8. The van der Waals surface area contributed by atoms with E-state index >= 15 is 0 Å². The van der Waals surface area contributed by atoms with E-state index in [-0.39, 0.29) is 23.6 Å². The average molecular weight is 374 g/mol. The lowest BCUT2D eigenvalue weighted by Crippen LogP contribution is -2.48. The Morgan fingerprint density at radius 2 is 2.22 bits per heavy atom. The van der Waals surface area contributed by atoms with Gasteiger partial charge in [0.1, 0.15) is 0 Å². The van der Waals surface area contributed by atoms with Crippen LogP contribution in [0.2, 0.25) is 0 Å². The molecule has 148 valence electrons. The number of nitrogens with one attached hydrogen (secondary N) is 2. The van der Waals surface area contributed by atoms with Crippen LogP contribution in [0.4, 0.5) is 10.7 Å². The first-order chi connectivity index (χ1) is 12.9. The van der Waals surface area contributed by atoms with Crippen LogP contribution in [-0.2, 0) is 6.54 Å². The van der Waals surface area contributed by atoms with Gasteiger partial charge in [-0.1, -0.05) is 6.42 Å². The van der Waals surface area contributed by atoms with Crippen molar-refractivity contribution in [1.82, 2.24) is 25.1 Å². The van der Waals surface area contributed by atoms with Crippen LogP contribution in [0.15, 0.2) is 10.9 Å². The number of nitrogens with zero attached hydrogens (tertiary/aromatic N) is 3. The number of carbonyl (C=O) groups excluding carboxylic acids is 1. The minimum Gasteiger partial charge on any atom is -0.369 e. The summed E-state index contributed by atoms with van der Waals surface area (Å²) in [7, 11) is 2.00. The molecule has 1 aromatic heterocycles. The van der Waals surface area contributed by atoms with Crippen LogP contribution in [0.3, 0.4) is 0 Å². The minimum absolute atomic E-state index is 0.0661. The second-order valence-corrected chi connectivity index (χ2v) is 8.57. The number of rotatable bonds is 6. The molecule has 1 unspecified atom stereocenters. The van der Waals surface area contributed by atoms with Gasteiger partial charge in [0.05, 0.1) is 5.69 Å². The molecule has 0 spiro atoms. The molecule has 1 aromatic rings. The maximum absolute atomic E-state index is 12.6. The standard InChI is InChI=1S/C19H30N6O2/c1-24(10-14-9-16(26)23-17(20)22-14)15-5-8-25(11-15)18(27)21-12-19(6-2-7-19)13-3-4-13/h9,13,15H,2-8,10-12H2,1H3,(H,21,27)(H3,20,22,23,26). The molecule has 0 aromatic carbocycles. The van der Waals surface area contributed by atoms with Crippen LogP contribution >= 0.6 is 0 Å². The molecule has 1 aliphatic heterocycles. The molecule has 1 saturated heterocycles. The highest BCUT2D eigenvalue weighted by molar-refractivity contribution is 5.74. The second kappa shape index (κ2) is 7.14. The van der Waals surface area contributed by atoms with Crippen LogP contribution < -0.4 is 16.6 Å². The van der Waals surface area contributed by atoms with E-state index in [4.69, 9.17) is 5.73 Å². The number of anilines is 1.